The largest absolute Gasteiger partial charge is 0.456 e. The Morgan fingerprint density at radius 3 is 1.12 bits per heavy atom. The highest BCUT2D eigenvalue weighted by atomic mass is 16.3. The monoisotopic (exact) mass is 1080 g/mol. The summed E-state index contributed by atoms with van der Waals surface area (Å²) in [6.45, 7) is 9.14. The van der Waals surface area contributed by atoms with Gasteiger partial charge in [0.1, 0.15) is 22.3 Å². The molecule has 404 valence electrons. The van der Waals surface area contributed by atoms with Crippen LogP contribution in [0.1, 0.15) is 63.5 Å². The molecule has 84 heavy (non-hydrogen) atoms. The highest BCUT2D eigenvalue weighted by molar-refractivity contribution is 6.17. The molecule has 0 spiro atoms. The van der Waals surface area contributed by atoms with Gasteiger partial charge in [-0.05, 0) is 192 Å². The molecule has 16 aromatic rings. The van der Waals surface area contributed by atoms with Crippen molar-refractivity contribution in [3.05, 3.63) is 266 Å². The van der Waals surface area contributed by atoms with Crippen molar-refractivity contribution in [1.82, 2.24) is 9.13 Å². The molecule has 4 aromatic heterocycles. The summed E-state index contributed by atoms with van der Waals surface area (Å²) in [6, 6.07) is 93.0. The number of hydrogen-bond acceptors (Lipinski definition) is 4. The van der Waals surface area contributed by atoms with E-state index in [1.807, 2.05) is 0 Å². The maximum absolute atomic E-state index is 6.88. The highest BCUT2D eigenvalue weighted by Crippen LogP contribution is 2.46. The first-order valence-corrected chi connectivity index (χ1v) is 29.6. The maximum Gasteiger partial charge on any atom is 0.137 e. The summed E-state index contributed by atoms with van der Waals surface area (Å²) >= 11 is 0. The summed E-state index contributed by atoms with van der Waals surface area (Å²) in [5.41, 5.74) is 19.5. The van der Waals surface area contributed by atoms with Gasteiger partial charge < -0.3 is 27.8 Å². The topological polar surface area (TPSA) is 42.6 Å². The molecule has 2 atom stereocenters. The van der Waals surface area contributed by atoms with Crippen LogP contribution < -0.4 is 9.80 Å². The van der Waals surface area contributed by atoms with Crippen LogP contribution in [0.2, 0.25) is 0 Å². The van der Waals surface area contributed by atoms with Crippen molar-refractivity contribution < 1.29 is 8.83 Å². The fourth-order valence-corrected chi connectivity index (χ4v) is 13.3. The van der Waals surface area contributed by atoms with E-state index in [-0.39, 0.29) is 0 Å². The fourth-order valence-electron chi connectivity index (χ4n) is 13.3. The van der Waals surface area contributed by atoms with Crippen LogP contribution in [0.5, 0.6) is 0 Å². The zero-order chi connectivity index (χ0) is 56.2. The van der Waals surface area contributed by atoms with Gasteiger partial charge in [-0.15, -0.1) is 0 Å². The number of hydrogen-bond donors (Lipinski definition) is 0. The van der Waals surface area contributed by atoms with E-state index in [4.69, 9.17) is 8.83 Å². The fraction of sp³-hybridized carbons (Fsp3) is 0.103. The zero-order valence-electron chi connectivity index (χ0n) is 47.4. The Bertz CT molecular complexity index is 4910. The number of para-hydroxylation sites is 4. The number of benzene rings is 12. The summed E-state index contributed by atoms with van der Waals surface area (Å²) in [5, 5.41) is 11.3. The molecule has 6 nitrogen and oxygen atoms in total. The van der Waals surface area contributed by atoms with Crippen molar-refractivity contribution in [2.75, 3.05) is 9.80 Å². The molecule has 16 rings (SSSR count). The summed E-state index contributed by atoms with van der Waals surface area (Å²) in [7, 11) is 0. The van der Waals surface area contributed by atoms with Gasteiger partial charge in [-0.3, -0.25) is 0 Å². The Balaban J connectivity index is 0.768. The van der Waals surface area contributed by atoms with Gasteiger partial charge in [0, 0.05) is 101 Å². The Hall–Kier alpha value is -10.3. The van der Waals surface area contributed by atoms with Gasteiger partial charge in [0.15, 0.2) is 0 Å². The summed E-state index contributed by atoms with van der Waals surface area (Å²) in [6.07, 6.45) is 2.19. The summed E-state index contributed by atoms with van der Waals surface area (Å²) in [4.78, 5) is 4.68. The van der Waals surface area contributed by atoms with Crippen LogP contribution in [0.25, 0.3) is 110 Å². The third-order valence-corrected chi connectivity index (χ3v) is 18.0. The van der Waals surface area contributed by atoms with E-state index in [9.17, 15) is 0 Å². The minimum absolute atomic E-state index is 0.481. The molecular formula is C78H60N4O2. The SMILES string of the molecule is CCC(C)c1cccc(-n2c3ccccc3c3cc(N(c4ccccc4)c4ccc5c(c4)oc4cc6cc7c(cc6cc45)oc4cc(N(c5ccccc5)c5ccc6c(c5)c5ccccc5n6-c5cccc(C(C)CC)c5)ccc47)ccc32)c1. The average molecular weight is 1090 g/mol. The molecular weight excluding hydrogens is 1020 g/mol. The van der Waals surface area contributed by atoms with Gasteiger partial charge in [0.05, 0.1) is 22.1 Å². The lowest BCUT2D eigenvalue weighted by atomic mass is 9.98. The van der Waals surface area contributed by atoms with Crippen molar-refractivity contribution >= 4 is 132 Å². The minimum Gasteiger partial charge on any atom is -0.456 e. The molecule has 0 amide bonds. The number of anilines is 6. The molecule has 0 saturated heterocycles. The van der Waals surface area contributed by atoms with Gasteiger partial charge in [-0.2, -0.15) is 0 Å². The van der Waals surface area contributed by atoms with Gasteiger partial charge in [0.25, 0.3) is 0 Å². The third kappa shape index (κ3) is 8.00. The van der Waals surface area contributed by atoms with E-state index in [0.29, 0.717) is 11.8 Å². The van der Waals surface area contributed by atoms with E-state index in [1.165, 1.54) is 66.1 Å². The molecule has 0 aliphatic rings. The average Bonchev–Trinajstić information content (AvgIpc) is 3.72. The lowest BCUT2D eigenvalue weighted by Gasteiger charge is -2.25. The van der Waals surface area contributed by atoms with Crippen LogP contribution in [0.4, 0.5) is 34.1 Å². The molecule has 0 bridgehead atoms. The lowest BCUT2D eigenvalue weighted by molar-refractivity contribution is 0.668. The quantitative estimate of drug-likeness (QED) is 0.122. The van der Waals surface area contributed by atoms with Crippen molar-refractivity contribution in [2.45, 2.75) is 52.4 Å². The number of furan rings is 2. The van der Waals surface area contributed by atoms with E-state index < -0.39 is 0 Å². The number of nitrogens with zero attached hydrogens (tertiary/aromatic N) is 4. The summed E-state index contributed by atoms with van der Waals surface area (Å²) < 4.78 is 18.6. The van der Waals surface area contributed by atoms with Crippen molar-refractivity contribution in [2.24, 2.45) is 0 Å². The zero-order valence-corrected chi connectivity index (χ0v) is 47.4. The van der Waals surface area contributed by atoms with Gasteiger partial charge in [-0.25, -0.2) is 0 Å². The second kappa shape index (κ2) is 19.7. The molecule has 0 N–H and O–H groups in total. The van der Waals surface area contributed by atoms with Crippen LogP contribution >= 0.6 is 0 Å². The first-order chi connectivity index (χ1) is 41.3. The van der Waals surface area contributed by atoms with Gasteiger partial charge in [0.2, 0.25) is 0 Å². The molecule has 0 aliphatic carbocycles. The van der Waals surface area contributed by atoms with Crippen LogP contribution in [0, 0.1) is 0 Å². The van der Waals surface area contributed by atoms with E-state index >= 15 is 0 Å². The second-order valence-corrected chi connectivity index (χ2v) is 22.9. The smallest absolute Gasteiger partial charge is 0.137 e. The summed E-state index contributed by atoms with van der Waals surface area (Å²) in [5.74, 6) is 0.963. The Morgan fingerprint density at radius 1 is 0.298 bits per heavy atom. The molecule has 0 aliphatic heterocycles. The molecule has 0 fully saturated rings. The minimum atomic E-state index is 0.481. The van der Waals surface area contributed by atoms with Crippen molar-refractivity contribution in [1.29, 1.82) is 0 Å². The first-order valence-electron chi connectivity index (χ1n) is 29.6. The van der Waals surface area contributed by atoms with Crippen molar-refractivity contribution in [3.8, 4) is 11.4 Å². The second-order valence-electron chi connectivity index (χ2n) is 22.9. The Labute approximate surface area is 487 Å². The van der Waals surface area contributed by atoms with E-state index in [2.05, 4.69) is 301 Å². The maximum atomic E-state index is 6.88. The molecule has 0 radical (unpaired) electrons. The normalized spacial score (nSPS) is 12.8. The van der Waals surface area contributed by atoms with Gasteiger partial charge >= 0.3 is 0 Å². The standard InChI is InChI=1S/C78H60N4O2/c1-5-49(3)51-19-17-25-57(39-51)81-71-29-15-13-27-63(71)67-45-59(33-37-73(67)81)79(55-21-9-7-10-22-55)61-31-35-65-69-41-53-44-76-70(42-54(53)43-75(69)83-77(65)47-61)66-36-32-62(48-78(66)84-76)80(56-23-11-8-12-24-56)60-34-38-74-68(46-60)64-28-14-16-30-72(64)82(74)58-26-18-20-52(40-58)50(4)6-2/h7-50H,5-6H2,1-4H3. The van der Waals surface area contributed by atoms with Crippen LogP contribution in [-0.4, -0.2) is 9.13 Å². The number of rotatable bonds is 12. The predicted molar refractivity (Wildman–Crippen MR) is 354 cm³/mol. The number of fused-ring (bicyclic) bond motifs is 13. The number of aromatic nitrogens is 2. The van der Waals surface area contributed by atoms with Crippen LogP contribution in [-0.2, 0) is 0 Å². The predicted octanol–water partition coefficient (Wildman–Crippen LogP) is 22.8. The third-order valence-electron chi connectivity index (χ3n) is 18.0. The van der Waals surface area contributed by atoms with Crippen LogP contribution in [0.15, 0.2) is 264 Å². The first kappa shape index (κ1) is 49.5. The molecule has 2 unspecified atom stereocenters. The van der Waals surface area contributed by atoms with Crippen molar-refractivity contribution in [3.63, 3.8) is 0 Å². The molecule has 6 heteroatoms. The highest BCUT2D eigenvalue weighted by Gasteiger charge is 2.23. The molecule has 4 heterocycles. The Kier molecular flexibility index (Phi) is 11.6. The lowest BCUT2D eigenvalue weighted by Crippen LogP contribution is -2.09. The van der Waals surface area contributed by atoms with Crippen LogP contribution in [0.3, 0.4) is 0 Å². The Morgan fingerprint density at radius 2 is 0.679 bits per heavy atom. The van der Waals surface area contributed by atoms with E-state index in [1.54, 1.807) is 0 Å². The van der Waals surface area contributed by atoms with Gasteiger partial charge in [-0.1, -0.05) is 125 Å². The molecule has 0 saturated carbocycles. The van der Waals surface area contributed by atoms with E-state index in [0.717, 1.165) is 102 Å². The molecule has 12 aromatic carbocycles.